The lowest BCUT2D eigenvalue weighted by molar-refractivity contribution is 0.0689. The molecule has 3 N–H and O–H groups in total. The molecule has 6 heteroatoms. The third-order valence-corrected chi connectivity index (χ3v) is 1.90. The van der Waals surface area contributed by atoms with Crippen LogP contribution in [0.25, 0.3) is 0 Å². The summed E-state index contributed by atoms with van der Waals surface area (Å²) in [5, 5.41) is 20.0. The van der Waals surface area contributed by atoms with E-state index in [1.165, 1.54) is 18.3 Å². The average molecular weight is 224 g/mol. The maximum absolute atomic E-state index is 11.6. The summed E-state index contributed by atoms with van der Waals surface area (Å²) < 4.78 is 0. The summed E-state index contributed by atoms with van der Waals surface area (Å²) in [6.07, 6.45) is 1.34. The minimum absolute atomic E-state index is 0.157. The number of rotatable bonds is 4. The van der Waals surface area contributed by atoms with Crippen LogP contribution in [0.1, 0.15) is 27.8 Å². The van der Waals surface area contributed by atoms with Gasteiger partial charge in [-0.3, -0.25) is 9.78 Å². The number of hydrogen-bond donors (Lipinski definition) is 3. The van der Waals surface area contributed by atoms with Gasteiger partial charge in [0.05, 0.1) is 12.2 Å². The second kappa shape index (κ2) is 5.22. The van der Waals surface area contributed by atoms with Crippen molar-refractivity contribution in [3.63, 3.8) is 0 Å². The maximum atomic E-state index is 11.6. The Bertz CT molecular complexity index is 406. The molecule has 0 bridgehead atoms. The predicted octanol–water partition coefficient (Wildman–Crippen LogP) is -0.110. The van der Waals surface area contributed by atoms with Gasteiger partial charge in [0.1, 0.15) is 5.69 Å². The summed E-state index contributed by atoms with van der Waals surface area (Å²) in [5.74, 6) is -1.82. The highest BCUT2D eigenvalue weighted by molar-refractivity contribution is 6.03. The summed E-state index contributed by atoms with van der Waals surface area (Å²) >= 11 is 0. The van der Waals surface area contributed by atoms with Gasteiger partial charge in [-0.05, 0) is 19.1 Å². The van der Waals surface area contributed by atoms with E-state index in [1.54, 1.807) is 6.92 Å². The zero-order chi connectivity index (χ0) is 12.1. The van der Waals surface area contributed by atoms with Crippen LogP contribution in [0.2, 0.25) is 0 Å². The first-order valence-corrected chi connectivity index (χ1v) is 4.66. The molecule has 1 amide bonds. The molecule has 0 saturated carbocycles. The van der Waals surface area contributed by atoms with Crippen LogP contribution in [0.3, 0.4) is 0 Å². The molecule has 0 aromatic carbocycles. The molecule has 1 rings (SSSR count). The molecule has 0 spiro atoms. The molecule has 0 saturated heterocycles. The number of aliphatic hydroxyl groups is 1. The van der Waals surface area contributed by atoms with Crippen molar-refractivity contribution in [1.29, 1.82) is 0 Å². The van der Waals surface area contributed by atoms with E-state index in [2.05, 4.69) is 10.3 Å². The van der Waals surface area contributed by atoms with Crippen LogP contribution in [-0.2, 0) is 0 Å². The van der Waals surface area contributed by atoms with Crippen molar-refractivity contribution in [3.05, 3.63) is 29.6 Å². The molecular formula is C10H12N2O4. The van der Waals surface area contributed by atoms with Crippen LogP contribution in [-0.4, -0.2) is 39.7 Å². The molecule has 1 atom stereocenters. The highest BCUT2D eigenvalue weighted by Gasteiger charge is 2.18. The first kappa shape index (κ1) is 12.1. The molecule has 6 nitrogen and oxygen atoms in total. The van der Waals surface area contributed by atoms with Gasteiger partial charge in [0.25, 0.3) is 5.91 Å². The van der Waals surface area contributed by atoms with Crippen LogP contribution in [0.4, 0.5) is 0 Å². The summed E-state index contributed by atoms with van der Waals surface area (Å²) in [6.45, 7) is 1.38. The van der Waals surface area contributed by atoms with E-state index in [0.717, 1.165) is 0 Å². The zero-order valence-corrected chi connectivity index (χ0v) is 8.67. The zero-order valence-electron chi connectivity index (χ0n) is 8.67. The Morgan fingerprint density at radius 1 is 1.56 bits per heavy atom. The molecule has 1 unspecified atom stereocenters. The third-order valence-electron chi connectivity index (χ3n) is 1.90. The number of nitrogens with zero attached hydrogens (tertiary/aromatic N) is 1. The highest BCUT2D eigenvalue weighted by Crippen LogP contribution is 2.05. The Hall–Kier alpha value is -1.95. The first-order chi connectivity index (χ1) is 7.56. The van der Waals surface area contributed by atoms with E-state index in [-0.39, 0.29) is 17.9 Å². The van der Waals surface area contributed by atoms with Crippen molar-refractivity contribution < 1.29 is 19.8 Å². The molecule has 1 aromatic heterocycles. The average Bonchev–Trinajstić information content (AvgIpc) is 2.28. The molecule has 1 aromatic rings. The molecule has 1 heterocycles. The second-order valence-electron chi connectivity index (χ2n) is 3.26. The van der Waals surface area contributed by atoms with Crippen molar-refractivity contribution in [2.75, 3.05) is 6.61 Å². The van der Waals surface area contributed by atoms with Gasteiger partial charge in [0, 0.05) is 12.2 Å². The first-order valence-electron chi connectivity index (χ1n) is 4.66. The van der Waals surface area contributed by atoms with E-state index >= 15 is 0 Å². The number of carbonyl (C=O) groups is 2. The topological polar surface area (TPSA) is 99.5 Å². The third kappa shape index (κ3) is 2.77. The van der Waals surface area contributed by atoms with Gasteiger partial charge in [0.15, 0.2) is 0 Å². The Morgan fingerprint density at radius 2 is 2.25 bits per heavy atom. The molecule has 0 fully saturated rings. The number of aromatic nitrogens is 1. The van der Waals surface area contributed by atoms with E-state index in [0.29, 0.717) is 0 Å². The summed E-state index contributed by atoms with van der Waals surface area (Å²) in [6, 6.07) is 2.29. The monoisotopic (exact) mass is 224 g/mol. The van der Waals surface area contributed by atoms with Crippen molar-refractivity contribution in [2.24, 2.45) is 0 Å². The molecule has 86 valence electrons. The number of aliphatic hydroxyl groups excluding tert-OH is 1. The minimum atomic E-state index is -1.21. The Morgan fingerprint density at radius 3 is 2.81 bits per heavy atom. The number of carbonyl (C=O) groups excluding carboxylic acids is 1. The lowest BCUT2D eigenvalue weighted by Gasteiger charge is -2.11. The van der Waals surface area contributed by atoms with Crippen molar-refractivity contribution in [1.82, 2.24) is 10.3 Å². The maximum Gasteiger partial charge on any atom is 0.338 e. The summed E-state index contributed by atoms with van der Waals surface area (Å²) in [4.78, 5) is 26.1. The fourth-order valence-corrected chi connectivity index (χ4v) is 1.10. The normalized spacial score (nSPS) is 11.9. The van der Waals surface area contributed by atoms with E-state index < -0.39 is 17.9 Å². The van der Waals surface area contributed by atoms with Crippen molar-refractivity contribution >= 4 is 11.9 Å². The fourth-order valence-electron chi connectivity index (χ4n) is 1.10. The van der Waals surface area contributed by atoms with E-state index in [4.69, 9.17) is 10.2 Å². The molecule has 0 aliphatic heterocycles. The van der Waals surface area contributed by atoms with Crippen LogP contribution in [0, 0.1) is 0 Å². The van der Waals surface area contributed by atoms with E-state index in [9.17, 15) is 9.59 Å². The lowest BCUT2D eigenvalue weighted by atomic mass is 10.2. The summed E-state index contributed by atoms with van der Waals surface area (Å²) in [5.41, 5.74) is -0.319. The number of carboxylic acids is 1. The largest absolute Gasteiger partial charge is 0.478 e. The molecular weight excluding hydrogens is 212 g/mol. The van der Waals surface area contributed by atoms with E-state index in [1.807, 2.05) is 0 Å². The fraction of sp³-hybridized carbons (Fsp3) is 0.300. The number of aromatic carboxylic acids is 1. The van der Waals surface area contributed by atoms with Gasteiger partial charge in [-0.1, -0.05) is 0 Å². The number of nitrogens with one attached hydrogen (secondary N) is 1. The quantitative estimate of drug-likeness (QED) is 0.662. The van der Waals surface area contributed by atoms with Crippen LogP contribution >= 0.6 is 0 Å². The number of hydrogen-bond acceptors (Lipinski definition) is 4. The minimum Gasteiger partial charge on any atom is -0.478 e. The molecule has 0 aliphatic rings. The predicted molar refractivity (Wildman–Crippen MR) is 55.2 cm³/mol. The smallest absolute Gasteiger partial charge is 0.338 e. The second-order valence-corrected chi connectivity index (χ2v) is 3.26. The molecule has 0 aliphatic carbocycles. The molecule has 0 radical (unpaired) electrons. The Kier molecular flexibility index (Phi) is 3.96. The van der Waals surface area contributed by atoms with Crippen LogP contribution in [0.5, 0.6) is 0 Å². The van der Waals surface area contributed by atoms with Crippen LogP contribution < -0.4 is 5.32 Å². The standard InChI is InChI=1S/C10H12N2O4/c1-6(5-13)12-9(14)8-7(10(15)16)3-2-4-11-8/h2-4,6,13H,5H2,1H3,(H,12,14)(H,15,16). The number of pyridine rings is 1. The highest BCUT2D eigenvalue weighted by atomic mass is 16.4. The van der Waals surface area contributed by atoms with Gasteiger partial charge in [-0.2, -0.15) is 0 Å². The number of carboxylic acid groups (broad SMARTS) is 1. The Labute approximate surface area is 91.9 Å². The van der Waals surface area contributed by atoms with Gasteiger partial charge >= 0.3 is 5.97 Å². The van der Waals surface area contributed by atoms with Gasteiger partial charge in [0.2, 0.25) is 0 Å². The summed E-state index contributed by atoms with van der Waals surface area (Å²) in [7, 11) is 0. The lowest BCUT2D eigenvalue weighted by Crippen LogP contribution is -2.36. The SMILES string of the molecule is CC(CO)NC(=O)c1ncccc1C(=O)O. The Balaban J connectivity index is 2.95. The van der Waals surface area contributed by atoms with Crippen molar-refractivity contribution in [3.8, 4) is 0 Å². The number of amides is 1. The van der Waals surface area contributed by atoms with Gasteiger partial charge < -0.3 is 15.5 Å². The van der Waals surface area contributed by atoms with Crippen molar-refractivity contribution in [2.45, 2.75) is 13.0 Å². The van der Waals surface area contributed by atoms with Gasteiger partial charge in [-0.25, -0.2) is 4.79 Å². The van der Waals surface area contributed by atoms with Gasteiger partial charge in [-0.15, -0.1) is 0 Å². The molecule has 16 heavy (non-hydrogen) atoms. The van der Waals surface area contributed by atoms with Crippen LogP contribution in [0.15, 0.2) is 18.3 Å².